The highest BCUT2D eigenvalue weighted by molar-refractivity contribution is 7.22. The SMILES string of the molecule is CCOC(=O)c1ccc2nc(NC3CCN(Cc4cc(OCC)c(-c5ccc(F)cc5)c(OCC)c4)CC3)sc2c1. The van der Waals surface area contributed by atoms with Crippen molar-refractivity contribution in [1.82, 2.24) is 9.88 Å². The van der Waals surface area contributed by atoms with Crippen LogP contribution >= 0.6 is 11.3 Å². The van der Waals surface area contributed by atoms with Crippen LogP contribution in [0, 0.1) is 5.82 Å². The van der Waals surface area contributed by atoms with Crippen molar-refractivity contribution >= 4 is 32.7 Å². The number of benzene rings is 3. The van der Waals surface area contributed by atoms with E-state index in [2.05, 4.69) is 22.3 Å². The summed E-state index contributed by atoms with van der Waals surface area (Å²) in [5.41, 5.74) is 4.27. The quantitative estimate of drug-likeness (QED) is 0.190. The van der Waals surface area contributed by atoms with Crippen LogP contribution in [0.3, 0.4) is 0 Å². The van der Waals surface area contributed by atoms with Crippen molar-refractivity contribution in [2.24, 2.45) is 0 Å². The second kappa shape index (κ2) is 13.3. The second-order valence-electron chi connectivity index (χ2n) is 9.96. The van der Waals surface area contributed by atoms with Crippen LogP contribution in [0.2, 0.25) is 0 Å². The molecule has 1 aromatic heterocycles. The number of anilines is 1. The normalized spacial score (nSPS) is 14.2. The number of esters is 1. The molecule has 1 saturated heterocycles. The molecule has 1 aliphatic rings. The summed E-state index contributed by atoms with van der Waals surface area (Å²) in [5, 5.41) is 4.48. The minimum atomic E-state index is -0.309. The highest BCUT2D eigenvalue weighted by Crippen LogP contribution is 2.40. The van der Waals surface area contributed by atoms with E-state index in [1.54, 1.807) is 36.5 Å². The number of carbonyl (C=O) groups is 1. The number of ether oxygens (including phenoxy) is 3. The molecule has 41 heavy (non-hydrogen) atoms. The lowest BCUT2D eigenvalue weighted by atomic mass is 9.99. The number of hydrogen-bond donors (Lipinski definition) is 1. The molecule has 3 aromatic carbocycles. The Hall–Kier alpha value is -3.69. The van der Waals surface area contributed by atoms with Crippen molar-refractivity contribution in [3.05, 3.63) is 71.5 Å². The van der Waals surface area contributed by atoms with E-state index in [1.165, 1.54) is 12.1 Å². The molecule has 0 spiro atoms. The number of carbonyl (C=O) groups excluding carboxylic acids is 1. The Balaban J connectivity index is 1.24. The van der Waals surface area contributed by atoms with E-state index >= 15 is 0 Å². The molecular formula is C32H36FN3O4S. The van der Waals surface area contributed by atoms with Gasteiger partial charge in [-0.15, -0.1) is 0 Å². The molecular weight excluding hydrogens is 541 g/mol. The zero-order valence-electron chi connectivity index (χ0n) is 23.7. The summed E-state index contributed by atoms with van der Waals surface area (Å²) >= 11 is 1.56. The van der Waals surface area contributed by atoms with Gasteiger partial charge in [-0.2, -0.15) is 0 Å². The van der Waals surface area contributed by atoms with Gasteiger partial charge in [-0.3, -0.25) is 4.90 Å². The fourth-order valence-corrected chi connectivity index (χ4v) is 6.15. The Bertz CT molecular complexity index is 1460. The molecule has 0 radical (unpaired) electrons. The topological polar surface area (TPSA) is 72.9 Å². The Labute approximate surface area is 244 Å². The third-order valence-corrected chi connectivity index (χ3v) is 8.03. The van der Waals surface area contributed by atoms with Crippen LogP contribution in [-0.4, -0.2) is 54.8 Å². The van der Waals surface area contributed by atoms with Crippen molar-refractivity contribution in [3.63, 3.8) is 0 Å². The van der Waals surface area contributed by atoms with Gasteiger partial charge in [-0.1, -0.05) is 23.5 Å². The molecule has 1 N–H and O–H groups in total. The van der Waals surface area contributed by atoms with Crippen LogP contribution in [0.4, 0.5) is 9.52 Å². The van der Waals surface area contributed by atoms with Crippen molar-refractivity contribution in [1.29, 1.82) is 0 Å². The number of fused-ring (bicyclic) bond motifs is 1. The number of hydrogen-bond acceptors (Lipinski definition) is 8. The van der Waals surface area contributed by atoms with Crippen molar-refractivity contribution < 1.29 is 23.4 Å². The van der Waals surface area contributed by atoms with E-state index in [9.17, 15) is 9.18 Å². The van der Waals surface area contributed by atoms with Crippen LogP contribution in [0.1, 0.15) is 49.5 Å². The first kappa shape index (κ1) is 28.8. The van der Waals surface area contributed by atoms with E-state index in [4.69, 9.17) is 19.2 Å². The molecule has 216 valence electrons. The summed E-state index contributed by atoms with van der Waals surface area (Å²) < 4.78 is 31.8. The molecule has 0 aliphatic carbocycles. The summed E-state index contributed by atoms with van der Waals surface area (Å²) in [6.45, 7) is 9.81. The first-order valence-electron chi connectivity index (χ1n) is 14.2. The lowest BCUT2D eigenvalue weighted by Crippen LogP contribution is -2.38. The number of rotatable bonds is 11. The number of aromatic nitrogens is 1. The smallest absolute Gasteiger partial charge is 0.338 e. The first-order chi connectivity index (χ1) is 20.0. The standard InChI is InChI=1S/C32H36FN3O4S/c1-4-38-27-17-21(18-28(39-5-2)30(27)22-7-10-24(33)11-8-22)20-36-15-13-25(14-16-36)34-32-35-26-12-9-23(19-29(26)41-32)31(37)40-6-3/h7-12,17-19,25H,4-6,13-16,20H2,1-3H3,(H,34,35). The average Bonchev–Trinajstić information content (AvgIpc) is 3.37. The number of nitrogens with zero attached hydrogens (tertiary/aromatic N) is 2. The molecule has 0 atom stereocenters. The number of likely N-dealkylation sites (tertiary alicyclic amines) is 1. The molecule has 2 heterocycles. The zero-order chi connectivity index (χ0) is 28.8. The fourth-order valence-electron chi connectivity index (χ4n) is 5.17. The average molecular weight is 578 g/mol. The monoisotopic (exact) mass is 577 g/mol. The van der Waals surface area contributed by atoms with Gasteiger partial charge < -0.3 is 19.5 Å². The molecule has 1 fully saturated rings. The van der Waals surface area contributed by atoms with Gasteiger partial charge in [-0.25, -0.2) is 14.2 Å². The minimum Gasteiger partial charge on any atom is -0.493 e. The van der Waals surface area contributed by atoms with Gasteiger partial charge in [0.15, 0.2) is 5.13 Å². The molecule has 1 aliphatic heterocycles. The molecule has 0 amide bonds. The van der Waals surface area contributed by atoms with Gasteiger partial charge in [-0.05, 0) is 87.2 Å². The second-order valence-corrected chi connectivity index (χ2v) is 11.0. The number of thiazole rings is 1. The van der Waals surface area contributed by atoms with E-state index in [1.807, 2.05) is 26.0 Å². The molecule has 7 nitrogen and oxygen atoms in total. The minimum absolute atomic E-state index is 0.273. The van der Waals surface area contributed by atoms with Crippen molar-refractivity contribution in [2.75, 3.05) is 38.2 Å². The molecule has 0 unspecified atom stereocenters. The highest BCUT2D eigenvalue weighted by atomic mass is 32.1. The van der Waals surface area contributed by atoms with Crippen LogP contribution < -0.4 is 14.8 Å². The van der Waals surface area contributed by atoms with E-state index in [-0.39, 0.29) is 11.8 Å². The van der Waals surface area contributed by atoms with E-state index < -0.39 is 0 Å². The summed E-state index contributed by atoms with van der Waals surface area (Å²) in [5.74, 6) is 0.916. The maximum atomic E-state index is 13.6. The maximum Gasteiger partial charge on any atom is 0.338 e. The predicted molar refractivity (Wildman–Crippen MR) is 162 cm³/mol. The fraction of sp³-hybridized carbons (Fsp3) is 0.375. The summed E-state index contributed by atoms with van der Waals surface area (Å²) in [4.78, 5) is 19.3. The lowest BCUT2D eigenvalue weighted by Gasteiger charge is -2.32. The Morgan fingerprint density at radius 3 is 2.29 bits per heavy atom. The molecule has 0 saturated carbocycles. The largest absolute Gasteiger partial charge is 0.493 e. The Kier molecular flexibility index (Phi) is 9.36. The van der Waals surface area contributed by atoms with Gasteiger partial charge in [0.2, 0.25) is 0 Å². The van der Waals surface area contributed by atoms with Gasteiger partial charge in [0.05, 0.1) is 41.2 Å². The van der Waals surface area contributed by atoms with Crippen molar-refractivity contribution in [3.8, 4) is 22.6 Å². The Morgan fingerprint density at radius 1 is 0.976 bits per heavy atom. The summed E-state index contributed by atoms with van der Waals surface area (Å²) in [6, 6.07) is 16.4. The molecule has 0 bridgehead atoms. The number of piperidine rings is 1. The van der Waals surface area contributed by atoms with Gasteiger partial charge in [0.25, 0.3) is 0 Å². The molecule has 5 rings (SSSR count). The lowest BCUT2D eigenvalue weighted by molar-refractivity contribution is 0.0526. The van der Waals surface area contributed by atoms with Crippen LogP contribution in [-0.2, 0) is 11.3 Å². The maximum absolute atomic E-state index is 13.6. The highest BCUT2D eigenvalue weighted by Gasteiger charge is 2.22. The number of halogens is 1. The van der Waals surface area contributed by atoms with E-state index in [0.29, 0.717) is 31.4 Å². The van der Waals surface area contributed by atoms with E-state index in [0.717, 1.165) is 76.0 Å². The summed E-state index contributed by atoms with van der Waals surface area (Å²) in [7, 11) is 0. The van der Waals surface area contributed by atoms with Gasteiger partial charge in [0, 0.05) is 25.7 Å². The van der Waals surface area contributed by atoms with Gasteiger partial charge >= 0.3 is 5.97 Å². The predicted octanol–water partition coefficient (Wildman–Crippen LogP) is 7.15. The molecule has 9 heteroatoms. The third-order valence-electron chi connectivity index (χ3n) is 7.08. The third kappa shape index (κ3) is 6.97. The first-order valence-corrected chi connectivity index (χ1v) is 15.0. The van der Waals surface area contributed by atoms with Crippen LogP contribution in [0.5, 0.6) is 11.5 Å². The van der Waals surface area contributed by atoms with Crippen LogP contribution in [0.15, 0.2) is 54.6 Å². The van der Waals surface area contributed by atoms with Crippen LogP contribution in [0.25, 0.3) is 21.3 Å². The Morgan fingerprint density at radius 2 is 1.66 bits per heavy atom. The van der Waals surface area contributed by atoms with Gasteiger partial charge in [0.1, 0.15) is 17.3 Å². The van der Waals surface area contributed by atoms with Crippen molar-refractivity contribution in [2.45, 2.75) is 46.2 Å². The number of nitrogens with one attached hydrogen (secondary N) is 1. The summed E-state index contributed by atoms with van der Waals surface area (Å²) in [6.07, 6.45) is 1.99. The molecule has 4 aromatic rings. The zero-order valence-corrected chi connectivity index (χ0v) is 24.6.